The molecule has 1 heterocycles. The SMILES string of the molecule is Cl.Cl.NCC(=O)NCC(c1ccc(Cl)cc1)N1CCOCC1. The minimum atomic E-state index is -0.141. The van der Waals surface area contributed by atoms with E-state index in [2.05, 4.69) is 10.2 Å². The zero-order valence-electron chi connectivity index (χ0n) is 12.2. The molecule has 1 aromatic carbocycles. The molecular weight excluding hydrogens is 349 g/mol. The molecule has 126 valence electrons. The summed E-state index contributed by atoms with van der Waals surface area (Å²) >= 11 is 5.93. The quantitative estimate of drug-likeness (QED) is 0.827. The molecule has 1 atom stereocenters. The number of nitrogens with zero attached hydrogens (tertiary/aromatic N) is 1. The third-order valence-corrected chi connectivity index (χ3v) is 3.67. The number of hydrogen-bond acceptors (Lipinski definition) is 4. The summed E-state index contributed by atoms with van der Waals surface area (Å²) in [7, 11) is 0. The van der Waals surface area contributed by atoms with Gasteiger partial charge in [0.15, 0.2) is 0 Å². The second kappa shape index (κ2) is 11.0. The van der Waals surface area contributed by atoms with E-state index in [9.17, 15) is 4.79 Å². The zero-order chi connectivity index (χ0) is 14.4. The maximum absolute atomic E-state index is 11.4. The van der Waals surface area contributed by atoms with E-state index in [0.717, 1.165) is 31.9 Å². The van der Waals surface area contributed by atoms with Crippen molar-refractivity contribution in [3.05, 3.63) is 34.9 Å². The normalized spacial score (nSPS) is 16.1. The van der Waals surface area contributed by atoms with Gasteiger partial charge in [0.05, 0.1) is 25.8 Å². The van der Waals surface area contributed by atoms with E-state index in [4.69, 9.17) is 22.1 Å². The Bertz CT molecular complexity index is 439. The second-order valence-electron chi connectivity index (χ2n) is 4.72. The van der Waals surface area contributed by atoms with Crippen LogP contribution >= 0.6 is 36.4 Å². The summed E-state index contributed by atoms with van der Waals surface area (Å²) in [5.74, 6) is -0.141. The van der Waals surface area contributed by atoms with Crippen LogP contribution in [-0.2, 0) is 9.53 Å². The molecule has 1 fully saturated rings. The van der Waals surface area contributed by atoms with Crippen molar-refractivity contribution in [3.8, 4) is 0 Å². The van der Waals surface area contributed by atoms with Crippen molar-refractivity contribution in [2.24, 2.45) is 5.73 Å². The van der Waals surface area contributed by atoms with Crippen LogP contribution in [-0.4, -0.2) is 50.2 Å². The van der Waals surface area contributed by atoms with Crippen LogP contribution in [0.5, 0.6) is 0 Å². The highest BCUT2D eigenvalue weighted by Gasteiger charge is 2.22. The minimum absolute atomic E-state index is 0. The lowest BCUT2D eigenvalue weighted by molar-refractivity contribution is -0.120. The van der Waals surface area contributed by atoms with E-state index in [0.29, 0.717) is 11.6 Å². The maximum Gasteiger partial charge on any atom is 0.233 e. The fourth-order valence-electron chi connectivity index (χ4n) is 2.31. The highest BCUT2D eigenvalue weighted by molar-refractivity contribution is 6.30. The molecule has 2 rings (SSSR count). The molecule has 22 heavy (non-hydrogen) atoms. The van der Waals surface area contributed by atoms with Crippen molar-refractivity contribution < 1.29 is 9.53 Å². The molecule has 0 radical (unpaired) electrons. The van der Waals surface area contributed by atoms with E-state index in [1.807, 2.05) is 24.3 Å². The van der Waals surface area contributed by atoms with Crippen LogP contribution in [0.1, 0.15) is 11.6 Å². The molecule has 3 N–H and O–H groups in total. The highest BCUT2D eigenvalue weighted by Crippen LogP contribution is 2.22. The third-order valence-electron chi connectivity index (χ3n) is 3.42. The van der Waals surface area contributed by atoms with Gasteiger partial charge < -0.3 is 15.8 Å². The third kappa shape index (κ3) is 6.28. The Labute approximate surface area is 148 Å². The van der Waals surface area contributed by atoms with Crippen molar-refractivity contribution in [2.45, 2.75) is 6.04 Å². The lowest BCUT2D eigenvalue weighted by Gasteiger charge is -2.35. The molecule has 1 aromatic rings. The van der Waals surface area contributed by atoms with Crippen molar-refractivity contribution in [1.82, 2.24) is 10.2 Å². The Morgan fingerprint density at radius 3 is 2.41 bits per heavy atom. The second-order valence-corrected chi connectivity index (χ2v) is 5.16. The lowest BCUT2D eigenvalue weighted by atomic mass is 10.0. The molecule has 1 saturated heterocycles. The number of halogens is 3. The first-order valence-electron chi connectivity index (χ1n) is 6.74. The summed E-state index contributed by atoms with van der Waals surface area (Å²) < 4.78 is 5.38. The van der Waals surface area contributed by atoms with Crippen LogP contribution in [0.2, 0.25) is 5.02 Å². The zero-order valence-corrected chi connectivity index (χ0v) is 14.6. The van der Waals surface area contributed by atoms with Crippen molar-refractivity contribution in [2.75, 3.05) is 39.4 Å². The van der Waals surface area contributed by atoms with Gasteiger partial charge in [0.25, 0.3) is 0 Å². The standard InChI is InChI=1S/C14H20ClN3O2.2ClH/c15-12-3-1-11(2-4-12)13(10-17-14(19)9-16)18-5-7-20-8-6-18;;/h1-4,13H,5-10,16H2,(H,17,19);2*1H. The van der Waals surface area contributed by atoms with Gasteiger partial charge in [-0.1, -0.05) is 23.7 Å². The van der Waals surface area contributed by atoms with Gasteiger partial charge in [-0.3, -0.25) is 9.69 Å². The van der Waals surface area contributed by atoms with Gasteiger partial charge in [-0.25, -0.2) is 0 Å². The largest absolute Gasteiger partial charge is 0.379 e. The number of nitrogens with one attached hydrogen (secondary N) is 1. The summed E-state index contributed by atoms with van der Waals surface area (Å²) in [6.07, 6.45) is 0. The average Bonchev–Trinajstić information content (AvgIpc) is 2.50. The predicted molar refractivity (Wildman–Crippen MR) is 93.1 cm³/mol. The lowest BCUT2D eigenvalue weighted by Crippen LogP contribution is -2.44. The fourth-order valence-corrected chi connectivity index (χ4v) is 2.44. The van der Waals surface area contributed by atoms with E-state index in [1.54, 1.807) is 0 Å². The molecule has 0 bridgehead atoms. The first kappa shape index (κ1) is 21.4. The summed E-state index contributed by atoms with van der Waals surface area (Å²) in [6, 6.07) is 7.85. The van der Waals surface area contributed by atoms with Crippen molar-refractivity contribution in [3.63, 3.8) is 0 Å². The highest BCUT2D eigenvalue weighted by atomic mass is 35.5. The van der Waals surface area contributed by atoms with E-state index >= 15 is 0 Å². The van der Waals surface area contributed by atoms with Gasteiger partial charge in [0.2, 0.25) is 5.91 Å². The van der Waals surface area contributed by atoms with Crippen molar-refractivity contribution >= 4 is 42.3 Å². The Hall–Kier alpha value is -0.560. The Morgan fingerprint density at radius 1 is 1.27 bits per heavy atom. The first-order chi connectivity index (χ1) is 9.70. The van der Waals surface area contributed by atoms with E-state index < -0.39 is 0 Å². The monoisotopic (exact) mass is 369 g/mol. The number of nitrogens with two attached hydrogens (primary N) is 1. The summed E-state index contributed by atoms with van der Waals surface area (Å²) in [5.41, 5.74) is 6.47. The fraction of sp³-hybridized carbons (Fsp3) is 0.500. The molecule has 8 heteroatoms. The van der Waals surface area contributed by atoms with Gasteiger partial charge in [-0.15, -0.1) is 24.8 Å². The molecule has 1 aliphatic rings. The molecular formula is C14H22Cl3N3O2. The van der Waals surface area contributed by atoms with Gasteiger partial charge >= 0.3 is 0 Å². The number of rotatable bonds is 5. The molecule has 0 saturated carbocycles. The topological polar surface area (TPSA) is 67.6 Å². The predicted octanol–water partition coefficient (Wildman–Crippen LogP) is 1.63. The smallest absolute Gasteiger partial charge is 0.233 e. The maximum atomic E-state index is 11.4. The number of hydrogen-bond donors (Lipinski definition) is 2. The van der Waals surface area contributed by atoms with Gasteiger partial charge in [0, 0.05) is 24.7 Å². The molecule has 1 unspecified atom stereocenters. The van der Waals surface area contributed by atoms with Gasteiger partial charge in [-0.2, -0.15) is 0 Å². The molecule has 1 aliphatic heterocycles. The van der Waals surface area contributed by atoms with Crippen LogP contribution < -0.4 is 11.1 Å². The van der Waals surface area contributed by atoms with Crippen LogP contribution in [0.25, 0.3) is 0 Å². The van der Waals surface area contributed by atoms with Crippen LogP contribution in [0.3, 0.4) is 0 Å². The summed E-state index contributed by atoms with van der Waals surface area (Å²) in [6.45, 7) is 3.69. The number of ether oxygens (including phenoxy) is 1. The summed E-state index contributed by atoms with van der Waals surface area (Å²) in [5, 5.41) is 3.57. The van der Waals surface area contributed by atoms with Crippen LogP contribution in [0, 0.1) is 0 Å². The van der Waals surface area contributed by atoms with E-state index in [-0.39, 0.29) is 43.3 Å². The molecule has 1 amide bonds. The van der Waals surface area contributed by atoms with Gasteiger partial charge in [-0.05, 0) is 17.7 Å². The minimum Gasteiger partial charge on any atom is -0.379 e. The van der Waals surface area contributed by atoms with E-state index in [1.165, 1.54) is 0 Å². The number of amides is 1. The van der Waals surface area contributed by atoms with Crippen LogP contribution in [0.4, 0.5) is 0 Å². The Balaban J connectivity index is 0.00000220. The van der Waals surface area contributed by atoms with Crippen LogP contribution in [0.15, 0.2) is 24.3 Å². The first-order valence-corrected chi connectivity index (χ1v) is 7.12. The Kier molecular flexibility index (Phi) is 10.8. The number of morpholine rings is 1. The summed E-state index contributed by atoms with van der Waals surface area (Å²) in [4.78, 5) is 13.7. The molecule has 0 spiro atoms. The average molecular weight is 371 g/mol. The molecule has 0 aliphatic carbocycles. The molecule has 5 nitrogen and oxygen atoms in total. The molecule has 0 aromatic heterocycles. The Morgan fingerprint density at radius 2 is 1.86 bits per heavy atom. The van der Waals surface area contributed by atoms with Gasteiger partial charge in [0.1, 0.15) is 0 Å². The van der Waals surface area contributed by atoms with Crippen molar-refractivity contribution in [1.29, 1.82) is 0 Å². The number of carbonyl (C=O) groups is 1. The number of benzene rings is 1. The number of carbonyl (C=O) groups excluding carboxylic acids is 1.